The number of benzene rings is 1. The second-order valence-electron chi connectivity index (χ2n) is 7.69. The fourth-order valence-corrected chi connectivity index (χ4v) is 4.00. The Hall–Kier alpha value is -2.99. The Morgan fingerprint density at radius 2 is 1.93 bits per heavy atom. The van der Waals surface area contributed by atoms with Crippen LogP contribution in [0.25, 0.3) is 11.3 Å². The lowest BCUT2D eigenvalue weighted by molar-refractivity contribution is 0.0906. The molecule has 1 unspecified atom stereocenters. The van der Waals surface area contributed by atoms with E-state index in [4.69, 9.17) is 16.6 Å². The van der Waals surface area contributed by atoms with Crippen molar-refractivity contribution >= 4 is 23.3 Å². The van der Waals surface area contributed by atoms with Crippen LogP contribution in [-0.2, 0) is 7.05 Å². The standard InChI is InChI=1S/C23H23ClN4O2/c1-15-12-17(5-6-19(15)24)22(30)18-4-3-11-28(14-18)23-26-20(13-21(29)27(23)2)16-7-9-25-10-8-16/h5-10,12-13,18H,3-4,11,14H2,1-2H3. The van der Waals surface area contributed by atoms with E-state index in [1.165, 1.54) is 6.07 Å². The SMILES string of the molecule is Cc1cc(C(=O)C2CCCN(c3nc(-c4ccncc4)cc(=O)n3C)C2)ccc1Cl. The van der Waals surface area contributed by atoms with Crippen molar-refractivity contribution in [2.24, 2.45) is 13.0 Å². The Morgan fingerprint density at radius 3 is 2.67 bits per heavy atom. The van der Waals surface area contributed by atoms with E-state index in [0.717, 1.165) is 30.5 Å². The van der Waals surface area contributed by atoms with E-state index >= 15 is 0 Å². The first kappa shape index (κ1) is 20.3. The average molecular weight is 423 g/mol. The first-order valence-electron chi connectivity index (χ1n) is 9.98. The minimum Gasteiger partial charge on any atom is -0.341 e. The van der Waals surface area contributed by atoms with Crippen LogP contribution in [0, 0.1) is 12.8 Å². The highest BCUT2D eigenvalue weighted by molar-refractivity contribution is 6.31. The van der Waals surface area contributed by atoms with Gasteiger partial charge in [-0.25, -0.2) is 4.98 Å². The number of nitrogens with zero attached hydrogens (tertiary/aromatic N) is 4. The molecule has 3 heterocycles. The second kappa shape index (κ2) is 8.40. The molecule has 0 saturated carbocycles. The summed E-state index contributed by atoms with van der Waals surface area (Å²) >= 11 is 6.11. The van der Waals surface area contributed by atoms with Crippen LogP contribution in [0.4, 0.5) is 5.95 Å². The number of halogens is 1. The summed E-state index contributed by atoms with van der Waals surface area (Å²) < 4.78 is 1.55. The van der Waals surface area contributed by atoms with E-state index in [-0.39, 0.29) is 17.3 Å². The summed E-state index contributed by atoms with van der Waals surface area (Å²) in [5.41, 5.74) is 2.89. The van der Waals surface area contributed by atoms with Crippen molar-refractivity contribution in [1.29, 1.82) is 0 Å². The molecule has 0 N–H and O–H groups in total. The third-order valence-corrected chi connectivity index (χ3v) is 6.03. The van der Waals surface area contributed by atoms with Gasteiger partial charge in [-0.3, -0.25) is 19.1 Å². The summed E-state index contributed by atoms with van der Waals surface area (Å²) in [6, 6.07) is 10.6. The summed E-state index contributed by atoms with van der Waals surface area (Å²) in [7, 11) is 1.72. The smallest absolute Gasteiger partial charge is 0.255 e. The van der Waals surface area contributed by atoms with Gasteiger partial charge >= 0.3 is 0 Å². The van der Waals surface area contributed by atoms with Crippen LogP contribution >= 0.6 is 11.6 Å². The molecule has 0 amide bonds. The van der Waals surface area contributed by atoms with E-state index in [0.29, 0.717) is 28.8 Å². The monoisotopic (exact) mass is 422 g/mol. The zero-order valence-corrected chi connectivity index (χ0v) is 17.8. The Balaban J connectivity index is 1.63. The molecule has 1 aliphatic rings. The van der Waals surface area contributed by atoms with Gasteiger partial charge in [0, 0.05) is 60.7 Å². The maximum atomic E-state index is 13.1. The fraction of sp³-hybridized carbons (Fsp3) is 0.304. The number of aromatic nitrogens is 3. The van der Waals surface area contributed by atoms with Crippen LogP contribution in [0.15, 0.2) is 53.6 Å². The molecular formula is C23H23ClN4O2. The summed E-state index contributed by atoms with van der Waals surface area (Å²) in [4.78, 5) is 36.5. The van der Waals surface area contributed by atoms with Crippen molar-refractivity contribution in [3.63, 3.8) is 0 Å². The van der Waals surface area contributed by atoms with Gasteiger partial charge in [0.1, 0.15) is 0 Å². The largest absolute Gasteiger partial charge is 0.341 e. The van der Waals surface area contributed by atoms with Gasteiger partial charge in [-0.15, -0.1) is 0 Å². The third-order valence-electron chi connectivity index (χ3n) is 5.60. The molecule has 30 heavy (non-hydrogen) atoms. The van der Waals surface area contributed by atoms with Crippen LogP contribution in [0.1, 0.15) is 28.8 Å². The van der Waals surface area contributed by atoms with Gasteiger partial charge < -0.3 is 4.90 Å². The lowest BCUT2D eigenvalue weighted by Gasteiger charge is -2.33. The molecule has 0 aliphatic carbocycles. The molecule has 0 spiro atoms. The first-order valence-corrected chi connectivity index (χ1v) is 10.4. The molecule has 154 valence electrons. The van der Waals surface area contributed by atoms with Gasteiger partial charge in [0.15, 0.2) is 5.78 Å². The van der Waals surface area contributed by atoms with Crippen molar-refractivity contribution in [2.45, 2.75) is 19.8 Å². The van der Waals surface area contributed by atoms with Crippen LogP contribution in [0.5, 0.6) is 0 Å². The topological polar surface area (TPSA) is 68.1 Å². The maximum Gasteiger partial charge on any atom is 0.255 e. The van der Waals surface area contributed by atoms with Crippen molar-refractivity contribution in [3.05, 3.63) is 75.3 Å². The van der Waals surface area contributed by atoms with Crippen LogP contribution in [-0.4, -0.2) is 33.4 Å². The first-order chi connectivity index (χ1) is 14.4. The highest BCUT2D eigenvalue weighted by Crippen LogP contribution is 2.27. The van der Waals surface area contributed by atoms with E-state index in [9.17, 15) is 9.59 Å². The zero-order chi connectivity index (χ0) is 21.3. The van der Waals surface area contributed by atoms with Crippen LogP contribution in [0.3, 0.4) is 0 Å². The minimum absolute atomic E-state index is 0.106. The molecule has 0 bridgehead atoms. The molecule has 1 fully saturated rings. The number of pyridine rings is 1. The Bertz CT molecular complexity index is 1140. The molecule has 1 saturated heterocycles. The lowest BCUT2D eigenvalue weighted by Crippen LogP contribution is -2.42. The highest BCUT2D eigenvalue weighted by atomic mass is 35.5. The summed E-state index contributed by atoms with van der Waals surface area (Å²) in [5, 5.41) is 0.656. The number of carbonyl (C=O) groups is 1. The minimum atomic E-state index is -0.152. The van der Waals surface area contributed by atoms with Gasteiger partial charge in [0.25, 0.3) is 5.56 Å². The van der Waals surface area contributed by atoms with E-state index in [1.54, 1.807) is 36.1 Å². The number of hydrogen-bond acceptors (Lipinski definition) is 5. The second-order valence-corrected chi connectivity index (χ2v) is 8.10. The molecule has 0 radical (unpaired) electrons. The number of hydrogen-bond donors (Lipinski definition) is 0. The molecule has 1 atom stereocenters. The predicted octanol–water partition coefficient (Wildman–Crippen LogP) is 3.90. The van der Waals surface area contributed by atoms with E-state index < -0.39 is 0 Å². The van der Waals surface area contributed by atoms with E-state index in [2.05, 4.69) is 4.98 Å². The highest BCUT2D eigenvalue weighted by Gasteiger charge is 2.29. The number of carbonyl (C=O) groups excluding carboxylic acids is 1. The number of aryl methyl sites for hydroxylation is 1. The average Bonchev–Trinajstić information content (AvgIpc) is 2.77. The van der Waals surface area contributed by atoms with Gasteiger partial charge in [-0.05, 0) is 55.7 Å². The van der Waals surface area contributed by atoms with Gasteiger partial charge in [0.2, 0.25) is 5.95 Å². The van der Waals surface area contributed by atoms with Crippen molar-refractivity contribution in [2.75, 3.05) is 18.0 Å². The maximum absolute atomic E-state index is 13.1. The molecular weight excluding hydrogens is 400 g/mol. The van der Waals surface area contributed by atoms with Gasteiger partial charge in [0.05, 0.1) is 5.69 Å². The van der Waals surface area contributed by atoms with Gasteiger partial charge in [-0.2, -0.15) is 0 Å². The predicted molar refractivity (Wildman–Crippen MR) is 118 cm³/mol. The van der Waals surface area contributed by atoms with Crippen LogP contribution in [0.2, 0.25) is 5.02 Å². The summed E-state index contributed by atoms with van der Waals surface area (Å²) in [5.74, 6) is 0.537. The molecule has 2 aromatic heterocycles. The molecule has 4 rings (SSSR count). The molecule has 7 heteroatoms. The molecule has 6 nitrogen and oxygen atoms in total. The van der Waals surface area contributed by atoms with E-state index in [1.807, 2.05) is 30.0 Å². The number of piperidine rings is 1. The Morgan fingerprint density at radius 1 is 1.17 bits per heavy atom. The quantitative estimate of drug-likeness (QED) is 0.596. The number of ketones is 1. The molecule has 1 aromatic carbocycles. The number of anilines is 1. The third kappa shape index (κ3) is 4.00. The zero-order valence-electron chi connectivity index (χ0n) is 17.0. The number of Topliss-reactive ketones (excluding diaryl/α,β-unsaturated/α-hetero) is 1. The molecule has 1 aliphatic heterocycles. The fourth-order valence-electron chi connectivity index (χ4n) is 3.89. The van der Waals surface area contributed by atoms with Gasteiger partial charge in [-0.1, -0.05) is 11.6 Å². The number of rotatable bonds is 4. The summed E-state index contributed by atoms with van der Waals surface area (Å²) in [6.07, 6.45) is 5.03. The summed E-state index contributed by atoms with van der Waals surface area (Å²) in [6.45, 7) is 3.18. The molecule has 3 aromatic rings. The van der Waals surface area contributed by atoms with Crippen molar-refractivity contribution < 1.29 is 4.79 Å². The van der Waals surface area contributed by atoms with Crippen molar-refractivity contribution in [3.8, 4) is 11.3 Å². The van der Waals surface area contributed by atoms with Crippen molar-refractivity contribution in [1.82, 2.24) is 14.5 Å². The van der Waals surface area contributed by atoms with Crippen LogP contribution < -0.4 is 10.5 Å². The normalized spacial score (nSPS) is 16.5. The Kier molecular flexibility index (Phi) is 5.68. The lowest BCUT2D eigenvalue weighted by atomic mass is 9.89. The Labute approximate surface area is 180 Å².